The van der Waals surface area contributed by atoms with Crippen molar-refractivity contribution in [2.24, 2.45) is 10.8 Å². The minimum absolute atomic E-state index is 0.00182. The molecular weight excluding hydrogens is 298 g/mol. The molecule has 12 nitrogen and oxygen atoms in total. The lowest BCUT2D eigenvalue weighted by Crippen LogP contribution is -2.38. The number of rotatable bonds is 7. The number of carbonyl (C=O) groups is 1. The van der Waals surface area contributed by atoms with Crippen molar-refractivity contribution < 1.29 is 24.3 Å². The number of hydrazone groups is 1. The average molecular weight is 315 g/mol. The van der Waals surface area contributed by atoms with Crippen LogP contribution in [0.5, 0.6) is 0 Å². The van der Waals surface area contributed by atoms with Crippen LogP contribution in [0.3, 0.4) is 0 Å². The van der Waals surface area contributed by atoms with Crippen LogP contribution in [-0.4, -0.2) is 58.3 Å². The predicted molar refractivity (Wildman–Crippen MR) is 71.1 cm³/mol. The molecule has 0 aliphatic carbocycles. The van der Waals surface area contributed by atoms with Gasteiger partial charge in [-0.05, 0) is 0 Å². The summed E-state index contributed by atoms with van der Waals surface area (Å²) < 4.78 is 10.00. The standard InChI is InChI=1S/C10H17N7O5/c11-5(3-18)9-14-6(22-17-9)1-12-10(20)13-2-7-15-16-8(4-19)21-7/h5,8,16,18-19H,1-4,11H2,(H2,12,13,20). The van der Waals surface area contributed by atoms with Crippen LogP contribution in [-0.2, 0) is 11.3 Å². The summed E-state index contributed by atoms with van der Waals surface area (Å²) in [6.07, 6.45) is -0.590. The smallest absolute Gasteiger partial charge is 0.315 e. The van der Waals surface area contributed by atoms with Crippen LogP contribution in [0.2, 0.25) is 0 Å². The summed E-state index contributed by atoms with van der Waals surface area (Å²) in [4.78, 5) is 15.5. The van der Waals surface area contributed by atoms with Gasteiger partial charge in [0.25, 0.3) is 0 Å². The van der Waals surface area contributed by atoms with E-state index in [0.29, 0.717) is 0 Å². The zero-order valence-corrected chi connectivity index (χ0v) is 11.5. The van der Waals surface area contributed by atoms with Gasteiger partial charge in [0.1, 0.15) is 6.61 Å². The van der Waals surface area contributed by atoms with Crippen LogP contribution in [0.4, 0.5) is 4.79 Å². The number of hydrogen-bond acceptors (Lipinski definition) is 10. The molecule has 2 atom stereocenters. The average Bonchev–Trinajstić information content (AvgIpc) is 3.19. The second kappa shape index (κ2) is 7.53. The van der Waals surface area contributed by atoms with Crippen molar-refractivity contribution in [3.05, 3.63) is 11.7 Å². The molecular formula is C10H17N7O5. The van der Waals surface area contributed by atoms with Gasteiger partial charge in [0.15, 0.2) is 5.82 Å². The third kappa shape index (κ3) is 4.28. The number of nitrogens with one attached hydrogen (secondary N) is 3. The van der Waals surface area contributed by atoms with E-state index in [1.165, 1.54) is 0 Å². The van der Waals surface area contributed by atoms with Crippen LogP contribution >= 0.6 is 0 Å². The predicted octanol–water partition coefficient (Wildman–Crippen LogP) is -2.89. The van der Waals surface area contributed by atoms with Gasteiger partial charge in [0, 0.05) is 0 Å². The molecule has 2 unspecified atom stereocenters. The molecule has 7 N–H and O–H groups in total. The van der Waals surface area contributed by atoms with Crippen molar-refractivity contribution in [3.63, 3.8) is 0 Å². The van der Waals surface area contributed by atoms with Crippen LogP contribution < -0.4 is 21.8 Å². The Morgan fingerprint density at radius 3 is 2.86 bits per heavy atom. The van der Waals surface area contributed by atoms with Crippen molar-refractivity contribution in [2.45, 2.75) is 18.8 Å². The highest BCUT2D eigenvalue weighted by atomic mass is 16.5. The monoisotopic (exact) mass is 315 g/mol. The maximum absolute atomic E-state index is 11.6. The number of aromatic nitrogens is 2. The SMILES string of the molecule is NC(CO)c1noc(CNC(=O)NCC2=NNC(CO)O2)n1. The highest BCUT2D eigenvalue weighted by molar-refractivity contribution is 5.84. The van der Waals surface area contributed by atoms with Crippen LogP contribution in [0.25, 0.3) is 0 Å². The van der Waals surface area contributed by atoms with Crippen molar-refractivity contribution in [1.82, 2.24) is 26.2 Å². The Morgan fingerprint density at radius 2 is 2.18 bits per heavy atom. The van der Waals surface area contributed by atoms with E-state index in [0.717, 1.165) is 0 Å². The van der Waals surface area contributed by atoms with E-state index >= 15 is 0 Å². The van der Waals surface area contributed by atoms with Crippen molar-refractivity contribution in [1.29, 1.82) is 0 Å². The van der Waals surface area contributed by atoms with Gasteiger partial charge in [-0.3, -0.25) is 5.43 Å². The summed E-state index contributed by atoms with van der Waals surface area (Å²) in [5.41, 5.74) is 8.05. The van der Waals surface area contributed by atoms with E-state index in [9.17, 15) is 4.79 Å². The first-order valence-corrected chi connectivity index (χ1v) is 6.42. The molecule has 0 fully saturated rings. The number of hydrogen-bond donors (Lipinski definition) is 6. The summed E-state index contributed by atoms with van der Waals surface area (Å²) in [5, 5.41) is 30.0. The van der Waals surface area contributed by atoms with Gasteiger partial charge >= 0.3 is 6.03 Å². The first-order valence-electron chi connectivity index (χ1n) is 6.42. The van der Waals surface area contributed by atoms with Crippen LogP contribution in [0, 0.1) is 0 Å². The highest BCUT2D eigenvalue weighted by Gasteiger charge is 2.18. The molecule has 2 heterocycles. The molecule has 0 saturated heterocycles. The van der Waals surface area contributed by atoms with Gasteiger partial charge in [0.2, 0.25) is 18.0 Å². The summed E-state index contributed by atoms with van der Waals surface area (Å²) in [7, 11) is 0. The molecule has 122 valence electrons. The maximum atomic E-state index is 11.6. The molecule has 0 spiro atoms. The van der Waals surface area contributed by atoms with E-state index in [4.69, 9.17) is 25.2 Å². The van der Waals surface area contributed by atoms with Gasteiger partial charge in [-0.15, -0.1) is 5.10 Å². The number of nitrogens with zero attached hydrogens (tertiary/aromatic N) is 3. The Bertz CT molecular complexity index is 533. The molecule has 1 aromatic rings. The number of aliphatic hydroxyl groups is 2. The second-order valence-corrected chi connectivity index (χ2v) is 4.30. The Hall–Kier alpha value is -2.44. The maximum Gasteiger partial charge on any atom is 0.315 e. The molecule has 1 aliphatic heterocycles. The van der Waals surface area contributed by atoms with E-state index in [1.807, 2.05) is 0 Å². The Kier molecular flexibility index (Phi) is 5.46. The molecule has 12 heteroatoms. The number of amides is 2. The van der Waals surface area contributed by atoms with Gasteiger partial charge < -0.3 is 35.8 Å². The van der Waals surface area contributed by atoms with E-state index in [1.54, 1.807) is 0 Å². The first kappa shape index (κ1) is 15.9. The van der Waals surface area contributed by atoms with Gasteiger partial charge in [-0.25, -0.2) is 4.79 Å². The lowest BCUT2D eigenvalue weighted by Gasteiger charge is -2.08. The molecule has 2 rings (SSSR count). The minimum atomic E-state index is -0.726. The van der Waals surface area contributed by atoms with Gasteiger partial charge in [0.05, 0.1) is 25.7 Å². The normalized spacial score (nSPS) is 18.1. The molecule has 0 aromatic carbocycles. The third-order valence-corrected chi connectivity index (χ3v) is 2.59. The van der Waals surface area contributed by atoms with E-state index < -0.39 is 18.3 Å². The fourth-order valence-corrected chi connectivity index (χ4v) is 1.47. The zero-order chi connectivity index (χ0) is 15.9. The number of carbonyl (C=O) groups excluding carboxylic acids is 1. The Balaban J connectivity index is 1.68. The van der Waals surface area contributed by atoms with Crippen LogP contribution in [0.15, 0.2) is 9.62 Å². The number of ether oxygens (including phenoxy) is 1. The minimum Gasteiger partial charge on any atom is -0.451 e. The zero-order valence-electron chi connectivity index (χ0n) is 11.5. The summed E-state index contributed by atoms with van der Waals surface area (Å²) in [5.74, 6) is 0.572. The fraction of sp³-hybridized carbons (Fsp3) is 0.600. The van der Waals surface area contributed by atoms with E-state index in [-0.39, 0.29) is 43.9 Å². The first-order chi connectivity index (χ1) is 10.6. The van der Waals surface area contributed by atoms with Crippen molar-refractivity contribution in [3.8, 4) is 0 Å². The molecule has 22 heavy (non-hydrogen) atoms. The molecule has 2 amide bonds. The van der Waals surface area contributed by atoms with Crippen molar-refractivity contribution >= 4 is 11.9 Å². The quantitative estimate of drug-likeness (QED) is 0.308. The number of urea groups is 1. The van der Waals surface area contributed by atoms with Crippen molar-refractivity contribution in [2.75, 3.05) is 19.8 Å². The summed E-state index contributed by atoms with van der Waals surface area (Å²) in [6, 6.07) is -1.22. The molecule has 1 aliphatic rings. The summed E-state index contributed by atoms with van der Waals surface area (Å²) in [6.45, 7) is -0.478. The highest BCUT2D eigenvalue weighted by Crippen LogP contribution is 2.04. The second-order valence-electron chi connectivity index (χ2n) is 4.30. The molecule has 0 bridgehead atoms. The molecule has 0 radical (unpaired) electrons. The number of aliphatic hydroxyl groups excluding tert-OH is 2. The molecule has 0 saturated carbocycles. The van der Waals surface area contributed by atoms with Gasteiger partial charge in [-0.1, -0.05) is 5.16 Å². The Morgan fingerprint density at radius 1 is 1.41 bits per heavy atom. The fourth-order valence-electron chi connectivity index (χ4n) is 1.47. The molecule has 1 aromatic heterocycles. The van der Waals surface area contributed by atoms with Gasteiger partial charge in [-0.2, -0.15) is 4.98 Å². The number of nitrogens with two attached hydrogens (primary N) is 1. The lowest BCUT2D eigenvalue weighted by molar-refractivity contribution is 0.101. The lowest BCUT2D eigenvalue weighted by atomic mass is 10.3. The summed E-state index contributed by atoms with van der Waals surface area (Å²) >= 11 is 0. The third-order valence-electron chi connectivity index (χ3n) is 2.59. The largest absolute Gasteiger partial charge is 0.451 e. The topological polar surface area (TPSA) is 180 Å². The Labute approximate surface area is 124 Å². The van der Waals surface area contributed by atoms with E-state index in [2.05, 4.69) is 31.3 Å². The van der Waals surface area contributed by atoms with Crippen LogP contribution in [0.1, 0.15) is 17.8 Å².